The summed E-state index contributed by atoms with van der Waals surface area (Å²) in [7, 11) is 0. The van der Waals surface area contributed by atoms with E-state index in [1.54, 1.807) is 0 Å². The summed E-state index contributed by atoms with van der Waals surface area (Å²) in [6.45, 7) is 6.92. The molecule has 10 rings (SSSR count). The molecule has 2 aliphatic rings. The molecule has 50 heavy (non-hydrogen) atoms. The topological polar surface area (TPSA) is 30.9 Å². The summed E-state index contributed by atoms with van der Waals surface area (Å²) in [5, 5.41) is 2.59. The van der Waals surface area contributed by atoms with Crippen LogP contribution in [-0.2, 0) is 16.4 Å². The second-order valence-corrected chi connectivity index (χ2v) is 14.9. The van der Waals surface area contributed by atoms with Gasteiger partial charge in [0.05, 0.1) is 27.7 Å². The highest BCUT2D eigenvalue weighted by atomic mass is 15.0. The lowest BCUT2D eigenvalue weighted by atomic mass is 9.52. The third kappa shape index (κ3) is 3.61. The minimum absolute atomic E-state index is 0.258. The molecule has 1 spiro atoms. The lowest BCUT2D eigenvalue weighted by molar-refractivity contribution is 0.558. The van der Waals surface area contributed by atoms with E-state index in [0.29, 0.717) is 0 Å². The molecule has 1 aliphatic carbocycles. The molecule has 2 heterocycles. The van der Waals surface area contributed by atoms with Gasteiger partial charge in [0.15, 0.2) is 0 Å². The molecule has 240 valence electrons. The number of aromatic nitrogens is 1. The highest BCUT2D eigenvalue weighted by molar-refractivity contribution is 6.12. The Bertz CT molecular complexity index is 2640. The molecule has 0 fully saturated rings. The highest BCUT2D eigenvalue weighted by Crippen LogP contribution is 2.61. The summed E-state index contributed by atoms with van der Waals surface area (Å²) in [5.74, 6) is 0. The normalized spacial score (nSPS) is 18.0. The van der Waals surface area contributed by atoms with Gasteiger partial charge >= 0.3 is 0 Å². The number of benzene rings is 7. The molecular weight excluding hydrogens is 605 g/mol. The summed E-state index contributed by atoms with van der Waals surface area (Å²) < 4.78 is 2.52. The smallest absolute Gasteiger partial charge is 0.0748 e. The van der Waals surface area contributed by atoms with Gasteiger partial charge in [0.25, 0.3) is 0 Å². The predicted octanol–water partition coefficient (Wildman–Crippen LogP) is 11.0. The number of hydrogen-bond donors (Lipinski definition) is 1. The van der Waals surface area contributed by atoms with Crippen molar-refractivity contribution >= 4 is 21.8 Å². The molecule has 2 nitrogen and oxygen atoms in total. The largest absolute Gasteiger partial charge is 0.318 e. The van der Waals surface area contributed by atoms with Gasteiger partial charge in [0, 0.05) is 16.2 Å². The van der Waals surface area contributed by atoms with Gasteiger partial charge < -0.3 is 10.3 Å². The Balaban J connectivity index is 1.30. The number of fused-ring (bicyclic) bond motifs is 11. The van der Waals surface area contributed by atoms with E-state index in [-0.39, 0.29) is 5.41 Å². The van der Waals surface area contributed by atoms with Gasteiger partial charge in [-0.15, -0.1) is 0 Å². The molecule has 7 aromatic carbocycles. The molecule has 0 saturated carbocycles. The molecule has 0 radical (unpaired) electrons. The Morgan fingerprint density at radius 1 is 0.500 bits per heavy atom. The van der Waals surface area contributed by atoms with Crippen molar-refractivity contribution < 1.29 is 0 Å². The van der Waals surface area contributed by atoms with E-state index in [1.165, 1.54) is 72.0 Å². The average molecular weight is 643 g/mol. The summed E-state index contributed by atoms with van der Waals surface area (Å²) in [6.07, 6.45) is 0. The van der Waals surface area contributed by atoms with Gasteiger partial charge in [-0.1, -0.05) is 166 Å². The third-order valence-corrected chi connectivity index (χ3v) is 11.9. The fourth-order valence-electron chi connectivity index (χ4n) is 9.64. The summed E-state index contributed by atoms with van der Waals surface area (Å²) in [6, 6.07) is 60.5. The van der Waals surface area contributed by atoms with Crippen molar-refractivity contribution in [3.8, 4) is 16.8 Å². The van der Waals surface area contributed by atoms with Crippen molar-refractivity contribution in [1.29, 1.82) is 0 Å². The Morgan fingerprint density at radius 2 is 1.08 bits per heavy atom. The Hall–Kier alpha value is -5.70. The van der Waals surface area contributed by atoms with Gasteiger partial charge in [0.2, 0.25) is 0 Å². The van der Waals surface area contributed by atoms with E-state index in [0.717, 1.165) is 11.1 Å². The first-order chi connectivity index (χ1) is 24.3. The first-order valence-electron chi connectivity index (χ1n) is 17.7. The van der Waals surface area contributed by atoms with Crippen LogP contribution in [0.5, 0.6) is 0 Å². The molecule has 2 atom stereocenters. The first kappa shape index (κ1) is 29.2. The van der Waals surface area contributed by atoms with Gasteiger partial charge in [-0.05, 0) is 74.7 Å². The standard InChI is InChI=1S/C48H38N2/c1-46(2)37-20-8-9-21-38(37)48(39-22-10-12-26-43(39)50-42-25-11-7-17-35(42)36-19-14-24-41(48)45(36)50)40-23-13-18-34(44(40)46)31-27-29-33(30-28-31)47(3,49)32-15-5-4-6-16-32/h4-30H,49H2,1-3H3. The van der Waals surface area contributed by atoms with Crippen molar-refractivity contribution in [2.75, 3.05) is 0 Å². The van der Waals surface area contributed by atoms with Crippen LogP contribution in [0.25, 0.3) is 38.6 Å². The fraction of sp³-hybridized carbons (Fsp3) is 0.125. The van der Waals surface area contributed by atoms with E-state index in [1.807, 2.05) is 6.07 Å². The Labute approximate surface area is 293 Å². The highest BCUT2D eigenvalue weighted by Gasteiger charge is 2.53. The maximum absolute atomic E-state index is 7.00. The molecule has 2 unspecified atom stereocenters. The molecule has 2 N–H and O–H groups in total. The maximum Gasteiger partial charge on any atom is 0.0748 e. The molecule has 1 aromatic heterocycles. The minimum atomic E-state index is -0.596. The molecule has 0 amide bonds. The number of para-hydroxylation sites is 3. The van der Waals surface area contributed by atoms with Crippen molar-refractivity contribution in [1.82, 2.24) is 4.57 Å². The molecule has 8 aromatic rings. The van der Waals surface area contributed by atoms with Crippen LogP contribution in [0.15, 0.2) is 164 Å². The number of nitrogens with zero attached hydrogens (tertiary/aromatic N) is 1. The van der Waals surface area contributed by atoms with Crippen LogP contribution in [0.4, 0.5) is 0 Å². The van der Waals surface area contributed by atoms with Crippen molar-refractivity contribution in [2.45, 2.75) is 37.1 Å². The van der Waals surface area contributed by atoms with E-state index in [9.17, 15) is 0 Å². The van der Waals surface area contributed by atoms with Crippen LogP contribution in [0, 0.1) is 0 Å². The van der Waals surface area contributed by atoms with Crippen LogP contribution in [0.3, 0.4) is 0 Å². The predicted molar refractivity (Wildman–Crippen MR) is 207 cm³/mol. The van der Waals surface area contributed by atoms with Crippen molar-refractivity contribution in [2.24, 2.45) is 5.73 Å². The monoisotopic (exact) mass is 642 g/mol. The second kappa shape index (κ2) is 10.2. The summed E-state index contributed by atoms with van der Waals surface area (Å²) in [4.78, 5) is 0. The Kier molecular flexibility index (Phi) is 5.94. The number of rotatable bonds is 3. The van der Waals surface area contributed by atoms with E-state index >= 15 is 0 Å². The quantitative estimate of drug-likeness (QED) is 0.204. The van der Waals surface area contributed by atoms with Gasteiger partial charge in [-0.2, -0.15) is 0 Å². The van der Waals surface area contributed by atoms with Crippen molar-refractivity contribution in [3.63, 3.8) is 0 Å². The molecule has 0 saturated heterocycles. The van der Waals surface area contributed by atoms with Gasteiger partial charge in [0.1, 0.15) is 0 Å². The summed E-state index contributed by atoms with van der Waals surface area (Å²) in [5.41, 5.74) is 22.2. The molecular formula is C48H38N2. The summed E-state index contributed by atoms with van der Waals surface area (Å²) >= 11 is 0. The average Bonchev–Trinajstić information content (AvgIpc) is 3.50. The lowest BCUT2D eigenvalue weighted by Gasteiger charge is -2.50. The van der Waals surface area contributed by atoms with E-state index in [2.05, 4.69) is 183 Å². The first-order valence-corrected chi connectivity index (χ1v) is 17.7. The van der Waals surface area contributed by atoms with E-state index < -0.39 is 11.0 Å². The zero-order chi connectivity index (χ0) is 33.8. The third-order valence-electron chi connectivity index (χ3n) is 11.9. The molecule has 1 aliphatic heterocycles. The van der Waals surface area contributed by atoms with E-state index in [4.69, 9.17) is 5.73 Å². The van der Waals surface area contributed by atoms with Gasteiger partial charge in [-0.25, -0.2) is 0 Å². The fourth-order valence-corrected chi connectivity index (χ4v) is 9.64. The number of nitrogens with two attached hydrogens (primary N) is 1. The van der Waals surface area contributed by atoms with Crippen LogP contribution in [-0.4, -0.2) is 4.57 Å². The van der Waals surface area contributed by atoms with Crippen LogP contribution in [0.1, 0.15) is 65.3 Å². The zero-order valence-corrected chi connectivity index (χ0v) is 28.6. The van der Waals surface area contributed by atoms with Crippen molar-refractivity contribution in [3.05, 3.63) is 208 Å². The van der Waals surface area contributed by atoms with Crippen LogP contribution in [0.2, 0.25) is 0 Å². The number of hydrogen-bond acceptors (Lipinski definition) is 1. The minimum Gasteiger partial charge on any atom is -0.318 e. The molecule has 2 heteroatoms. The van der Waals surface area contributed by atoms with Crippen LogP contribution >= 0.6 is 0 Å². The molecule has 0 bridgehead atoms. The van der Waals surface area contributed by atoms with Gasteiger partial charge in [-0.3, -0.25) is 0 Å². The second-order valence-electron chi connectivity index (χ2n) is 14.9. The SMILES string of the molecule is CC1(C)c2ccccc2C2(c3ccccc3-n3c4ccccc4c4cccc2c43)c2cccc(-c3ccc(C(C)(N)c4ccccc4)cc3)c21. The lowest BCUT2D eigenvalue weighted by Crippen LogP contribution is -2.44. The zero-order valence-electron chi connectivity index (χ0n) is 28.6. The maximum atomic E-state index is 7.00. The Morgan fingerprint density at radius 3 is 1.88 bits per heavy atom. The van der Waals surface area contributed by atoms with Crippen LogP contribution < -0.4 is 5.73 Å².